The second kappa shape index (κ2) is 6.92. The molecular formula is C18H22N4O3. The van der Waals surface area contributed by atoms with Gasteiger partial charge in [-0.15, -0.1) is 0 Å². The van der Waals surface area contributed by atoms with E-state index in [2.05, 4.69) is 15.1 Å². The number of carbonyl (C=O) groups excluding carboxylic acids is 1. The molecule has 1 unspecified atom stereocenters. The molecule has 2 aliphatic rings. The fourth-order valence-electron chi connectivity index (χ4n) is 3.53. The number of ether oxygens (including phenoxy) is 1. The highest BCUT2D eigenvalue weighted by molar-refractivity contribution is 5.94. The monoisotopic (exact) mass is 342 g/mol. The standard InChI is InChI=1S/C18H22N4O3/c1-12-4-5-14(11-19-12)18(23)22-8-2-3-15(22)17-20-16(21-25-17)13-6-9-24-10-7-13/h4-5,11,13,15H,2-3,6-10H2,1H3. The molecule has 2 aromatic rings. The van der Waals surface area contributed by atoms with Crippen molar-refractivity contribution in [3.63, 3.8) is 0 Å². The maximum atomic E-state index is 12.8. The minimum absolute atomic E-state index is 0.0270. The van der Waals surface area contributed by atoms with Crippen molar-refractivity contribution >= 4 is 5.91 Å². The zero-order chi connectivity index (χ0) is 17.2. The van der Waals surface area contributed by atoms with E-state index in [-0.39, 0.29) is 17.9 Å². The summed E-state index contributed by atoms with van der Waals surface area (Å²) in [5.74, 6) is 1.56. The van der Waals surface area contributed by atoms with Gasteiger partial charge in [0.25, 0.3) is 5.91 Å². The summed E-state index contributed by atoms with van der Waals surface area (Å²) < 4.78 is 10.9. The fraction of sp³-hybridized carbons (Fsp3) is 0.556. The Kier molecular flexibility index (Phi) is 4.48. The first-order chi connectivity index (χ1) is 12.2. The normalized spacial score (nSPS) is 21.6. The van der Waals surface area contributed by atoms with Crippen molar-refractivity contribution in [3.8, 4) is 0 Å². The van der Waals surface area contributed by atoms with Gasteiger partial charge in [-0.3, -0.25) is 9.78 Å². The van der Waals surface area contributed by atoms with E-state index < -0.39 is 0 Å². The van der Waals surface area contributed by atoms with Gasteiger partial charge in [-0.2, -0.15) is 4.98 Å². The molecule has 0 saturated carbocycles. The Bertz CT molecular complexity index is 737. The number of nitrogens with zero attached hydrogens (tertiary/aromatic N) is 4. The summed E-state index contributed by atoms with van der Waals surface area (Å²) in [5.41, 5.74) is 1.49. The van der Waals surface area contributed by atoms with E-state index in [9.17, 15) is 4.79 Å². The highest BCUT2D eigenvalue weighted by Gasteiger charge is 2.35. The predicted octanol–water partition coefficient (Wildman–Crippen LogP) is 2.64. The number of amides is 1. The summed E-state index contributed by atoms with van der Waals surface area (Å²) in [6, 6.07) is 3.53. The summed E-state index contributed by atoms with van der Waals surface area (Å²) in [7, 11) is 0. The minimum Gasteiger partial charge on any atom is -0.381 e. The molecule has 2 aliphatic heterocycles. The van der Waals surface area contributed by atoms with E-state index >= 15 is 0 Å². The highest BCUT2D eigenvalue weighted by Crippen LogP contribution is 2.33. The van der Waals surface area contributed by atoms with Gasteiger partial charge in [0.05, 0.1) is 5.56 Å². The number of rotatable bonds is 3. The molecule has 0 radical (unpaired) electrons. The molecule has 2 fully saturated rings. The lowest BCUT2D eigenvalue weighted by molar-refractivity contribution is 0.0709. The van der Waals surface area contributed by atoms with Crippen LogP contribution >= 0.6 is 0 Å². The summed E-state index contributed by atoms with van der Waals surface area (Å²) in [6.45, 7) is 4.08. The second-order valence-electron chi connectivity index (χ2n) is 6.72. The van der Waals surface area contributed by atoms with Crippen LogP contribution < -0.4 is 0 Å². The summed E-state index contributed by atoms with van der Waals surface area (Å²) in [6.07, 6.45) is 5.25. The van der Waals surface area contributed by atoms with Gasteiger partial charge in [0.2, 0.25) is 5.89 Å². The summed E-state index contributed by atoms with van der Waals surface area (Å²) in [4.78, 5) is 23.5. The molecule has 2 saturated heterocycles. The zero-order valence-corrected chi connectivity index (χ0v) is 14.4. The number of pyridine rings is 1. The molecular weight excluding hydrogens is 320 g/mol. The van der Waals surface area contributed by atoms with Crippen molar-refractivity contribution in [1.29, 1.82) is 0 Å². The number of likely N-dealkylation sites (tertiary alicyclic amines) is 1. The fourth-order valence-corrected chi connectivity index (χ4v) is 3.53. The summed E-state index contributed by atoms with van der Waals surface area (Å²) in [5, 5.41) is 4.17. The first kappa shape index (κ1) is 16.2. The van der Waals surface area contributed by atoms with E-state index in [1.54, 1.807) is 6.20 Å². The van der Waals surface area contributed by atoms with Crippen LogP contribution in [0.3, 0.4) is 0 Å². The van der Waals surface area contributed by atoms with Crippen LogP contribution in [0.25, 0.3) is 0 Å². The third-order valence-corrected chi connectivity index (χ3v) is 5.00. The molecule has 4 heterocycles. The van der Waals surface area contributed by atoms with Crippen molar-refractivity contribution in [2.75, 3.05) is 19.8 Å². The Morgan fingerprint density at radius 1 is 1.24 bits per heavy atom. The van der Waals surface area contributed by atoms with Crippen LogP contribution in [-0.4, -0.2) is 45.7 Å². The molecule has 0 bridgehead atoms. The van der Waals surface area contributed by atoms with Gasteiger partial charge in [0.1, 0.15) is 6.04 Å². The topological polar surface area (TPSA) is 81.4 Å². The predicted molar refractivity (Wildman–Crippen MR) is 89.1 cm³/mol. The van der Waals surface area contributed by atoms with Crippen molar-refractivity contribution in [2.24, 2.45) is 0 Å². The first-order valence-electron chi connectivity index (χ1n) is 8.87. The van der Waals surface area contributed by atoms with Crippen molar-refractivity contribution in [3.05, 3.63) is 41.3 Å². The summed E-state index contributed by atoms with van der Waals surface area (Å²) >= 11 is 0. The molecule has 4 rings (SSSR count). The second-order valence-corrected chi connectivity index (χ2v) is 6.72. The van der Waals surface area contributed by atoms with E-state index in [0.717, 1.165) is 50.4 Å². The van der Waals surface area contributed by atoms with Crippen LogP contribution in [0.4, 0.5) is 0 Å². The van der Waals surface area contributed by atoms with Crippen molar-refractivity contribution in [2.45, 2.75) is 44.6 Å². The van der Waals surface area contributed by atoms with Crippen molar-refractivity contribution in [1.82, 2.24) is 20.0 Å². The van der Waals surface area contributed by atoms with Crippen LogP contribution in [0, 0.1) is 6.92 Å². The Morgan fingerprint density at radius 3 is 2.84 bits per heavy atom. The number of aromatic nitrogens is 3. The molecule has 2 aromatic heterocycles. The van der Waals surface area contributed by atoms with Gasteiger partial charge in [0.15, 0.2) is 5.82 Å². The Morgan fingerprint density at radius 2 is 2.08 bits per heavy atom. The Hall–Kier alpha value is -2.28. The van der Waals surface area contributed by atoms with Crippen LogP contribution in [0.1, 0.15) is 65.4 Å². The lowest BCUT2D eigenvalue weighted by Crippen LogP contribution is -2.30. The smallest absolute Gasteiger partial charge is 0.256 e. The van der Waals surface area contributed by atoms with Gasteiger partial charge in [-0.05, 0) is 44.7 Å². The molecule has 7 heteroatoms. The highest BCUT2D eigenvalue weighted by atomic mass is 16.5. The average molecular weight is 342 g/mol. The van der Waals surface area contributed by atoms with Gasteiger partial charge >= 0.3 is 0 Å². The third kappa shape index (κ3) is 3.28. The van der Waals surface area contributed by atoms with Crippen LogP contribution in [-0.2, 0) is 4.74 Å². The molecule has 0 spiro atoms. The SMILES string of the molecule is Cc1ccc(C(=O)N2CCCC2c2nc(C3CCOCC3)no2)cn1. The zero-order valence-electron chi connectivity index (χ0n) is 14.4. The maximum Gasteiger partial charge on any atom is 0.256 e. The van der Waals surface area contributed by atoms with Gasteiger partial charge < -0.3 is 14.2 Å². The number of hydrogen-bond donors (Lipinski definition) is 0. The maximum absolute atomic E-state index is 12.8. The minimum atomic E-state index is -0.144. The molecule has 0 N–H and O–H groups in total. The quantitative estimate of drug-likeness (QED) is 0.853. The largest absolute Gasteiger partial charge is 0.381 e. The van der Waals surface area contributed by atoms with Crippen molar-refractivity contribution < 1.29 is 14.1 Å². The Labute approximate surface area is 146 Å². The number of hydrogen-bond acceptors (Lipinski definition) is 6. The van der Waals surface area contributed by atoms with Gasteiger partial charge in [0, 0.05) is 37.6 Å². The Balaban J connectivity index is 1.52. The van der Waals surface area contributed by atoms with Gasteiger partial charge in [-0.1, -0.05) is 5.16 Å². The molecule has 7 nitrogen and oxygen atoms in total. The molecule has 1 atom stereocenters. The van der Waals surface area contributed by atoms with Crippen LogP contribution in [0.5, 0.6) is 0 Å². The number of aryl methyl sites for hydroxylation is 1. The van der Waals surface area contributed by atoms with Gasteiger partial charge in [-0.25, -0.2) is 0 Å². The molecule has 25 heavy (non-hydrogen) atoms. The van der Waals surface area contributed by atoms with E-state index in [1.807, 2.05) is 24.0 Å². The average Bonchev–Trinajstić information content (AvgIpc) is 3.32. The molecule has 1 amide bonds. The lowest BCUT2D eigenvalue weighted by atomic mass is 10.00. The van der Waals surface area contributed by atoms with E-state index in [4.69, 9.17) is 9.26 Å². The van der Waals surface area contributed by atoms with Crippen LogP contribution in [0.15, 0.2) is 22.9 Å². The number of carbonyl (C=O) groups is 1. The third-order valence-electron chi connectivity index (χ3n) is 5.00. The first-order valence-corrected chi connectivity index (χ1v) is 8.87. The molecule has 132 valence electrons. The molecule has 0 aliphatic carbocycles. The van der Waals surface area contributed by atoms with E-state index in [0.29, 0.717) is 18.0 Å². The van der Waals surface area contributed by atoms with Crippen LogP contribution in [0.2, 0.25) is 0 Å². The van der Waals surface area contributed by atoms with E-state index in [1.165, 1.54) is 0 Å². The molecule has 0 aromatic carbocycles. The lowest BCUT2D eigenvalue weighted by Gasteiger charge is -2.22.